The minimum Gasteiger partial charge on any atom is -0.356 e. The number of hydrazine groups is 1. The van der Waals surface area contributed by atoms with Crippen molar-refractivity contribution in [1.82, 2.24) is 20.8 Å². The molecular weight excluding hydrogens is 364 g/mol. The summed E-state index contributed by atoms with van der Waals surface area (Å²) in [6.07, 6.45) is 3.65. The van der Waals surface area contributed by atoms with Crippen LogP contribution in [0.3, 0.4) is 0 Å². The van der Waals surface area contributed by atoms with Crippen LogP contribution in [0.15, 0.2) is 16.7 Å². The number of amides is 2. The van der Waals surface area contributed by atoms with E-state index in [0.717, 1.165) is 23.0 Å². The highest BCUT2D eigenvalue weighted by Crippen LogP contribution is 2.26. The molecule has 7 nitrogen and oxygen atoms in total. The Morgan fingerprint density at radius 2 is 1.96 bits per heavy atom. The highest BCUT2D eigenvalue weighted by atomic mass is 79.9. The standard InChI is InChI=1S/C15H15BrN4O3/c1-7-12-9(3-2-4-11(12)21)18-13(7)15(23)20-19-14(22)10-5-8(16)6-17-10/h5-6,17-18H,2-4H2,1H3,(H,19,22)(H,20,23). The Morgan fingerprint density at radius 3 is 2.61 bits per heavy atom. The third kappa shape index (κ3) is 2.94. The Kier molecular flexibility index (Phi) is 4.08. The van der Waals surface area contributed by atoms with Gasteiger partial charge >= 0.3 is 0 Å². The van der Waals surface area contributed by atoms with Crippen molar-refractivity contribution in [2.24, 2.45) is 0 Å². The average Bonchev–Trinajstić information content (AvgIpc) is 3.09. The molecule has 0 bridgehead atoms. The zero-order chi connectivity index (χ0) is 16.6. The van der Waals surface area contributed by atoms with Crippen molar-refractivity contribution in [3.05, 3.63) is 44.9 Å². The summed E-state index contributed by atoms with van der Waals surface area (Å²) in [4.78, 5) is 41.9. The number of aromatic nitrogens is 2. The zero-order valence-electron chi connectivity index (χ0n) is 12.4. The number of carbonyl (C=O) groups is 3. The molecule has 23 heavy (non-hydrogen) atoms. The van der Waals surface area contributed by atoms with Crippen LogP contribution in [-0.4, -0.2) is 27.6 Å². The number of hydrogen-bond acceptors (Lipinski definition) is 3. The Bertz CT molecular complexity index is 806. The molecule has 0 aliphatic heterocycles. The van der Waals surface area contributed by atoms with Gasteiger partial charge in [0.15, 0.2) is 5.78 Å². The normalized spacial score (nSPS) is 13.6. The second-order valence-corrected chi connectivity index (χ2v) is 6.31. The Labute approximate surface area is 140 Å². The minimum absolute atomic E-state index is 0.0549. The number of halogens is 1. The fraction of sp³-hybridized carbons (Fsp3) is 0.267. The largest absolute Gasteiger partial charge is 0.356 e. The Hall–Kier alpha value is -2.35. The molecule has 8 heteroatoms. The molecule has 0 radical (unpaired) electrons. The predicted octanol–water partition coefficient (Wildman–Crippen LogP) is 2.01. The first-order chi connectivity index (χ1) is 11.0. The maximum Gasteiger partial charge on any atom is 0.286 e. The number of rotatable bonds is 2. The molecular formula is C15H15BrN4O3. The van der Waals surface area contributed by atoms with E-state index in [4.69, 9.17) is 0 Å². The van der Waals surface area contributed by atoms with Crippen LogP contribution in [0.1, 0.15) is 55.4 Å². The molecule has 120 valence electrons. The second-order valence-electron chi connectivity index (χ2n) is 5.40. The van der Waals surface area contributed by atoms with Crippen molar-refractivity contribution in [3.8, 4) is 0 Å². The van der Waals surface area contributed by atoms with Crippen LogP contribution in [0.5, 0.6) is 0 Å². The smallest absolute Gasteiger partial charge is 0.286 e. The van der Waals surface area contributed by atoms with Crippen LogP contribution in [-0.2, 0) is 6.42 Å². The summed E-state index contributed by atoms with van der Waals surface area (Å²) in [5.74, 6) is -0.892. The Balaban J connectivity index is 1.72. The van der Waals surface area contributed by atoms with Gasteiger partial charge in [-0.1, -0.05) is 0 Å². The first-order valence-corrected chi connectivity index (χ1v) is 7.96. The van der Waals surface area contributed by atoms with Gasteiger partial charge in [-0.05, 0) is 47.3 Å². The lowest BCUT2D eigenvalue weighted by Gasteiger charge is -2.09. The maximum absolute atomic E-state index is 12.2. The fourth-order valence-corrected chi connectivity index (χ4v) is 3.09. The van der Waals surface area contributed by atoms with E-state index in [1.807, 2.05) is 0 Å². The van der Waals surface area contributed by atoms with Crippen molar-refractivity contribution in [1.29, 1.82) is 0 Å². The van der Waals surface area contributed by atoms with Gasteiger partial charge in [0.2, 0.25) is 0 Å². The van der Waals surface area contributed by atoms with E-state index in [2.05, 4.69) is 36.7 Å². The number of fused-ring (bicyclic) bond motifs is 1. The van der Waals surface area contributed by atoms with Crippen LogP contribution >= 0.6 is 15.9 Å². The molecule has 2 heterocycles. The number of Topliss-reactive ketones (excluding diaryl/α,β-unsaturated/α-hetero) is 1. The zero-order valence-corrected chi connectivity index (χ0v) is 14.0. The van der Waals surface area contributed by atoms with Gasteiger partial charge in [-0.25, -0.2) is 0 Å². The van der Waals surface area contributed by atoms with Gasteiger partial charge in [0.25, 0.3) is 11.8 Å². The van der Waals surface area contributed by atoms with Crippen LogP contribution in [0.2, 0.25) is 0 Å². The molecule has 3 rings (SSSR count). The van der Waals surface area contributed by atoms with Crippen LogP contribution < -0.4 is 10.9 Å². The van der Waals surface area contributed by atoms with Crippen molar-refractivity contribution >= 4 is 33.5 Å². The van der Waals surface area contributed by atoms with E-state index >= 15 is 0 Å². The van der Waals surface area contributed by atoms with Crippen LogP contribution in [0.4, 0.5) is 0 Å². The number of aryl methyl sites for hydroxylation is 1. The van der Waals surface area contributed by atoms with Crippen molar-refractivity contribution in [2.75, 3.05) is 0 Å². The highest BCUT2D eigenvalue weighted by Gasteiger charge is 2.26. The average molecular weight is 379 g/mol. The topological polar surface area (TPSA) is 107 Å². The predicted molar refractivity (Wildman–Crippen MR) is 86.2 cm³/mol. The number of nitrogens with one attached hydrogen (secondary N) is 4. The molecule has 0 atom stereocenters. The lowest BCUT2D eigenvalue weighted by molar-refractivity contribution is 0.0841. The van der Waals surface area contributed by atoms with E-state index in [0.29, 0.717) is 28.9 Å². The van der Waals surface area contributed by atoms with Gasteiger partial charge in [0.05, 0.1) is 0 Å². The number of carbonyl (C=O) groups excluding carboxylic acids is 3. The maximum atomic E-state index is 12.2. The van der Waals surface area contributed by atoms with Gasteiger partial charge in [0, 0.05) is 28.3 Å². The Morgan fingerprint density at radius 1 is 1.22 bits per heavy atom. The summed E-state index contributed by atoms with van der Waals surface area (Å²) >= 11 is 3.23. The van der Waals surface area contributed by atoms with Crippen molar-refractivity contribution in [3.63, 3.8) is 0 Å². The van der Waals surface area contributed by atoms with E-state index in [9.17, 15) is 14.4 Å². The summed E-state index contributed by atoms with van der Waals surface area (Å²) in [5.41, 5.74) is 7.34. The number of ketones is 1. The van der Waals surface area contributed by atoms with Gasteiger partial charge in [-0.15, -0.1) is 0 Å². The first kappa shape index (κ1) is 15.5. The minimum atomic E-state index is -0.483. The van der Waals surface area contributed by atoms with E-state index < -0.39 is 11.8 Å². The SMILES string of the molecule is Cc1c(C(=O)NNC(=O)c2cc(Br)c[nH]2)[nH]c2c1C(=O)CCC2. The van der Waals surface area contributed by atoms with Crippen LogP contribution in [0.25, 0.3) is 0 Å². The summed E-state index contributed by atoms with van der Waals surface area (Å²) in [6, 6.07) is 1.60. The third-order valence-electron chi connectivity index (χ3n) is 3.85. The van der Waals surface area contributed by atoms with Gasteiger partial charge < -0.3 is 9.97 Å². The molecule has 1 aliphatic rings. The quantitative estimate of drug-likeness (QED) is 0.600. The summed E-state index contributed by atoms with van der Waals surface area (Å²) in [5, 5.41) is 0. The first-order valence-electron chi connectivity index (χ1n) is 7.16. The monoisotopic (exact) mass is 378 g/mol. The van der Waals surface area contributed by atoms with E-state index in [1.54, 1.807) is 19.2 Å². The highest BCUT2D eigenvalue weighted by molar-refractivity contribution is 9.10. The lowest BCUT2D eigenvalue weighted by Crippen LogP contribution is -2.42. The van der Waals surface area contributed by atoms with Gasteiger partial charge in [-0.2, -0.15) is 0 Å². The summed E-state index contributed by atoms with van der Waals surface area (Å²) in [7, 11) is 0. The molecule has 2 aromatic heterocycles. The van der Waals surface area contributed by atoms with Crippen molar-refractivity contribution in [2.45, 2.75) is 26.2 Å². The van der Waals surface area contributed by atoms with Gasteiger partial charge in [-0.3, -0.25) is 25.2 Å². The second kappa shape index (κ2) is 6.04. The van der Waals surface area contributed by atoms with E-state index in [1.165, 1.54) is 0 Å². The fourth-order valence-electron chi connectivity index (χ4n) is 2.74. The number of aromatic amines is 2. The third-order valence-corrected chi connectivity index (χ3v) is 4.30. The van der Waals surface area contributed by atoms with Gasteiger partial charge in [0.1, 0.15) is 11.4 Å². The molecule has 0 spiro atoms. The molecule has 0 aromatic carbocycles. The molecule has 0 saturated heterocycles. The molecule has 0 unspecified atom stereocenters. The number of hydrogen-bond donors (Lipinski definition) is 4. The molecule has 2 amide bonds. The van der Waals surface area contributed by atoms with Crippen LogP contribution in [0, 0.1) is 6.92 Å². The molecule has 1 aliphatic carbocycles. The molecule has 2 aromatic rings. The van der Waals surface area contributed by atoms with E-state index in [-0.39, 0.29) is 5.78 Å². The molecule has 0 saturated carbocycles. The summed E-state index contributed by atoms with van der Waals surface area (Å²) in [6.45, 7) is 1.73. The van der Waals surface area contributed by atoms with Crippen molar-refractivity contribution < 1.29 is 14.4 Å². The molecule has 0 fully saturated rings. The lowest BCUT2D eigenvalue weighted by atomic mass is 9.94. The number of H-pyrrole nitrogens is 2. The summed E-state index contributed by atoms with van der Waals surface area (Å²) < 4.78 is 0.736. The molecule has 4 N–H and O–H groups in total.